The molecule has 0 bridgehead atoms. The average Bonchev–Trinajstić information content (AvgIpc) is 2.56. The van der Waals surface area contributed by atoms with E-state index in [0.29, 0.717) is 27.4 Å². The smallest absolute Gasteiger partial charge is 0.419 e. The van der Waals surface area contributed by atoms with Crippen LogP contribution in [0.5, 0.6) is 5.75 Å². The number of thiocarbonyl (C=S) groups is 1. The predicted molar refractivity (Wildman–Crippen MR) is 99.9 cm³/mol. The summed E-state index contributed by atoms with van der Waals surface area (Å²) in [5.74, 6) is -0.249. The lowest BCUT2D eigenvalue weighted by molar-refractivity contribution is -0.139. The zero-order valence-corrected chi connectivity index (χ0v) is 15.9. The summed E-state index contributed by atoms with van der Waals surface area (Å²) in [7, 11) is 1.40. The molecule has 1 N–H and O–H groups in total. The Labute approximate surface area is 160 Å². The van der Waals surface area contributed by atoms with E-state index in [2.05, 4.69) is 5.32 Å². The second-order valence-electron chi connectivity index (χ2n) is 5.60. The first-order valence-electron chi connectivity index (χ1n) is 7.57. The van der Waals surface area contributed by atoms with Gasteiger partial charge in [-0.1, -0.05) is 17.7 Å². The summed E-state index contributed by atoms with van der Waals surface area (Å²) in [5.41, 5.74) is 1.39. The van der Waals surface area contributed by atoms with Gasteiger partial charge in [-0.3, -0.25) is 0 Å². The number of halogens is 4. The van der Waals surface area contributed by atoms with Crippen molar-refractivity contribution in [2.45, 2.75) is 26.6 Å². The van der Waals surface area contributed by atoms with Crippen molar-refractivity contribution < 1.29 is 22.6 Å². The standard InChI is InChI=1S/C18H17ClF3NO2S/c1-10-7-13(18(20,21)22)16(8-11(10)2)25-9-12-14(19)5-4-6-15(12)23-17(26)24-3/h4-8H,9H2,1-3H3,(H,23,26). The molecule has 0 unspecified atom stereocenters. The second-order valence-corrected chi connectivity index (χ2v) is 6.38. The Kier molecular flexibility index (Phi) is 6.36. The lowest BCUT2D eigenvalue weighted by Crippen LogP contribution is -2.14. The molecule has 0 aliphatic rings. The van der Waals surface area contributed by atoms with E-state index in [1.165, 1.54) is 13.2 Å². The molecule has 140 valence electrons. The van der Waals surface area contributed by atoms with Crippen LogP contribution in [0.15, 0.2) is 30.3 Å². The van der Waals surface area contributed by atoms with Gasteiger partial charge in [0.05, 0.1) is 12.7 Å². The molecule has 2 rings (SSSR count). The quantitative estimate of drug-likeness (QED) is 0.644. The summed E-state index contributed by atoms with van der Waals surface area (Å²) in [4.78, 5) is 0. The Morgan fingerprint density at radius 1 is 1.19 bits per heavy atom. The third-order valence-electron chi connectivity index (χ3n) is 3.81. The molecule has 8 heteroatoms. The first kappa shape index (κ1) is 20.3. The maximum atomic E-state index is 13.3. The van der Waals surface area contributed by atoms with Crippen LogP contribution in [0, 0.1) is 13.8 Å². The van der Waals surface area contributed by atoms with E-state index in [0.717, 1.165) is 6.07 Å². The van der Waals surface area contributed by atoms with Gasteiger partial charge in [0.2, 0.25) is 0 Å². The minimum Gasteiger partial charge on any atom is -0.488 e. The zero-order valence-electron chi connectivity index (χ0n) is 14.3. The highest BCUT2D eigenvalue weighted by atomic mass is 35.5. The monoisotopic (exact) mass is 403 g/mol. The lowest BCUT2D eigenvalue weighted by atomic mass is 10.0. The third-order valence-corrected chi connectivity index (χ3v) is 4.44. The number of methoxy groups -OCH3 is 1. The molecule has 0 spiro atoms. The molecule has 0 aliphatic carbocycles. The molecule has 26 heavy (non-hydrogen) atoms. The number of ether oxygens (including phenoxy) is 2. The number of aryl methyl sites for hydroxylation is 2. The molecule has 0 amide bonds. The highest BCUT2D eigenvalue weighted by Gasteiger charge is 2.35. The van der Waals surface area contributed by atoms with Gasteiger partial charge >= 0.3 is 6.18 Å². The van der Waals surface area contributed by atoms with Crippen molar-refractivity contribution in [2.24, 2.45) is 0 Å². The predicted octanol–water partition coefficient (Wildman–Crippen LogP) is 5.90. The molecule has 0 radical (unpaired) electrons. The highest BCUT2D eigenvalue weighted by Crippen LogP contribution is 2.38. The molecular weight excluding hydrogens is 387 g/mol. The molecule has 0 heterocycles. The summed E-state index contributed by atoms with van der Waals surface area (Å²) >= 11 is 11.1. The van der Waals surface area contributed by atoms with Crippen molar-refractivity contribution in [2.75, 3.05) is 12.4 Å². The maximum absolute atomic E-state index is 13.3. The summed E-state index contributed by atoms with van der Waals surface area (Å²) in [6.07, 6.45) is -4.52. The number of rotatable bonds is 4. The van der Waals surface area contributed by atoms with E-state index in [1.807, 2.05) is 0 Å². The van der Waals surface area contributed by atoms with E-state index in [-0.39, 0.29) is 17.5 Å². The fraction of sp³-hybridized carbons (Fsp3) is 0.278. The largest absolute Gasteiger partial charge is 0.488 e. The van der Waals surface area contributed by atoms with Gasteiger partial charge in [-0.25, -0.2) is 0 Å². The van der Waals surface area contributed by atoms with Crippen LogP contribution in [0.2, 0.25) is 5.02 Å². The van der Waals surface area contributed by atoms with E-state index in [4.69, 9.17) is 33.3 Å². The van der Waals surface area contributed by atoms with E-state index < -0.39 is 11.7 Å². The van der Waals surface area contributed by atoms with Gasteiger partial charge in [-0.2, -0.15) is 13.2 Å². The molecule has 0 aliphatic heterocycles. The molecule has 2 aromatic rings. The van der Waals surface area contributed by atoms with Gasteiger partial charge in [0.25, 0.3) is 5.17 Å². The number of benzene rings is 2. The minimum atomic E-state index is -4.52. The SMILES string of the molecule is COC(=S)Nc1cccc(Cl)c1COc1cc(C)c(C)cc1C(F)(F)F. The molecule has 0 saturated carbocycles. The highest BCUT2D eigenvalue weighted by molar-refractivity contribution is 7.80. The molecule has 0 saturated heterocycles. The van der Waals surface area contributed by atoms with Crippen LogP contribution in [0.25, 0.3) is 0 Å². The van der Waals surface area contributed by atoms with E-state index in [9.17, 15) is 13.2 Å². The fourth-order valence-corrected chi connectivity index (χ4v) is 2.60. The summed E-state index contributed by atoms with van der Waals surface area (Å²) in [6, 6.07) is 7.44. The van der Waals surface area contributed by atoms with Crippen LogP contribution >= 0.6 is 23.8 Å². The van der Waals surface area contributed by atoms with Gasteiger partial charge in [0.1, 0.15) is 12.4 Å². The Bertz CT molecular complexity index is 825. The minimum absolute atomic E-state index is 0.107. The fourth-order valence-electron chi connectivity index (χ4n) is 2.26. The van der Waals surface area contributed by atoms with Crippen LogP contribution in [-0.2, 0) is 17.5 Å². The van der Waals surface area contributed by atoms with E-state index >= 15 is 0 Å². The van der Waals surface area contributed by atoms with Crippen molar-refractivity contribution >= 4 is 34.7 Å². The summed E-state index contributed by atoms with van der Waals surface area (Å²) < 4.78 is 50.3. The molecule has 0 atom stereocenters. The topological polar surface area (TPSA) is 30.5 Å². The van der Waals surface area contributed by atoms with Crippen LogP contribution < -0.4 is 10.1 Å². The molecular formula is C18H17ClF3NO2S. The Morgan fingerprint density at radius 3 is 2.46 bits per heavy atom. The second kappa shape index (κ2) is 8.14. The number of hydrogen-bond donors (Lipinski definition) is 1. The molecule has 3 nitrogen and oxygen atoms in total. The van der Waals surface area contributed by atoms with Gasteiger partial charge < -0.3 is 14.8 Å². The summed E-state index contributed by atoms with van der Waals surface area (Å²) in [5, 5.41) is 3.27. The first-order valence-corrected chi connectivity index (χ1v) is 8.35. The van der Waals surface area contributed by atoms with Crippen LogP contribution in [0.1, 0.15) is 22.3 Å². The zero-order chi connectivity index (χ0) is 19.5. The molecule has 2 aromatic carbocycles. The van der Waals surface area contributed by atoms with Crippen molar-refractivity contribution in [3.05, 3.63) is 57.6 Å². The Balaban J connectivity index is 2.35. The van der Waals surface area contributed by atoms with Crippen molar-refractivity contribution in [3.8, 4) is 5.75 Å². The van der Waals surface area contributed by atoms with Crippen molar-refractivity contribution in [1.82, 2.24) is 0 Å². The first-order chi connectivity index (χ1) is 12.1. The third kappa shape index (κ3) is 4.80. The number of anilines is 1. The van der Waals surface area contributed by atoms with Gasteiger partial charge in [-0.15, -0.1) is 0 Å². The van der Waals surface area contributed by atoms with Crippen molar-refractivity contribution in [1.29, 1.82) is 0 Å². The average molecular weight is 404 g/mol. The maximum Gasteiger partial charge on any atom is 0.419 e. The Hall–Kier alpha value is -1.99. The summed E-state index contributed by atoms with van der Waals surface area (Å²) in [6.45, 7) is 3.18. The number of nitrogens with one attached hydrogen (secondary N) is 1. The Morgan fingerprint density at radius 2 is 1.85 bits per heavy atom. The van der Waals surface area contributed by atoms with Gasteiger partial charge in [0.15, 0.2) is 0 Å². The van der Waals surface area contributed by atoms with Crippen LogP contribution in [0.3, 0.4) is 0 Å². The number of alkyl halides is 3. The van der Waals surface area contributed by atoms with Crippen LogP contribution in [-0.4, -0.2) is 12.3 Å². The lowest BCUT2D eigenvalue weighted by Gasteiger charge is -2.18. The van der Waals surface area contributed by atoms with E-state index in [1.54, 1.807) is 32.0 Å². The number of hydrogen-bond acceptors (Lipinski definition) is 3. The van der Waals surface area contributed by atoms with Gasteiger partial charge in [-0.05, 0) is 61.5 Å². The van der Waals surface area contributed by atoms with Crippen molar-refractivity contribution in [3.63, 3.8) is 0 Å². The molecule has 0 fully saturated rings. The van der Waals surface area contributed by atoms with Gasteiger partial charge in [0, 0.05) is 16.3 Å². The molecule has 0 aromatic heterocycles. The normalized spacial score (nSPS) is 11.2. The van der Waals surface area contributed by atoms with Crippen LogP contribution in [0.4, 0.5) is 18.9 Å².